The molecule has 0 atom stereocenters. The molecule has 0 bridgehead atoms. The van der Waals surface area contributed by atoms with Gasteiger partial charge in [-0.2, -0.15) is 5.10 Å². The van der Waals surface area contributed by atoms with Crippen LogP contribution < -0.4 is 14.3 Å². The number of hydrogen-bond donors (Lipinski definition) is 0. The number of aromatic nitrogens is 1. The highest BCUT2D eigenvalue weighted by Gasteiger charge is 2.14. The molecule has 0 saturated heterocycles. The average molecular weight is 374 g/mol. The van der Waals surface area contributed by atoms with Crippen molar-refractivity contribution in [1.29, 1.82) is 0 Å². The van der Waals surface area contributed by atoms with Gasteiger partial charge in [-0.1, -0.05) is 0 Å². The molecule has 0 saturated carbocycles. The molecule has 0 aliphatic carbocycles. The van der Waals surface area contributed by atoms with Crippen molar-refractivity contribution in [2.45, 2.75) is 6.92 Å². The minimum Gasteiger partial charge on any atom is -0.497 e. The Hall–Kier alpha value is -2.38. The minimum absolute atomic E-state index is 0.762. The number of benzene rings is 1. The molecule has 0 aliphatic heterocycles. The Labute approximate surface area is 154 Å². The van der Waals surface area contributed by atoms with Crippen LogP contribution in [0.3, 0.4) is 0 Å². The van der Waals surface area contributed by atoms with Crippen LogP contribution in [0.25, 0.3) is 11.3 Å². The number of hydrogen-bond acceptors (Lipinski definition) is 6. The summed E-state index contributed by atoms with van der Waals surface area (Å²) in [6.07, 6.45) is 1.87. The van der Waals surface area contributed by atoms with Gasteiger partial charge in [-0.15, -0.1) is 22.7 Å². The fourth-order valence-corrected chi connectivity index (χ4v) is 3.96. The Bertz CT molecular complexity index is 967. The maximum absolute atomic E-state index is 5.52. The molecule has 3 aromatic rings. The summed E-state index contributed by atoms with van der Waals surface area (Å²) in [4.78, 5) is 6.28. The lowest BCUT2D eigenvalue weighted by Gasteiger charge is -2.10. The smallest absolute Gasteiger partial charge is 0.205 e. The van der Waals surface area contributed by atoms with Gasteiger partial charge in [0.2, 0.25) is 4.80 Å². The summed E-state index contributed by atoms with van der Waals surface area (Å²) in [5.41, 5.74) is 3.03. The Morgan fingerprint density at radius 1 is 1.12 bits per heavy atom. The van der Waals surface area contributed by atoms with Crippen LogP contribution in [0.1, 0.15) is 10.4 Å². The van der Waals surface area contributed by atoms with Gasteiger partial charge in [0.15, 0.2) is 0 Å². The summed E-state index contributed by atoms with van der Waals surface area (Å²) in [6.45, 7) is 2.08. The highest BCUT2D eigenvalue weighted by molar-refractivity contribution is 7.11. The van der Waals surface area contributed by atoms with Gasteiger partial charge in [-0.05, 0) is 42.1 Å². The predicted molar refractivity (Wildman–Crippen MR) is 104 cm³/mol. The van der Waals surface area contributed by atoms with Crippen LogP contribution in [0.15, 0.2) is 45.1 Å². The predicted octanol–water partition coefficient (Wildman–Crippen LogP) is 4.02. The van der Waals surface area contributed by atoms with Crippen molar-refractivity contribution in [3.05, 3.63) is 50.3 Å². The van der Waals surface area contributed by atoms with Gasteiger partial charge >= 0.3 is 0 Å². The van der Waals surface area contributed by atoms with E-state index in [2.05, 4.69) is 28.5 Å². The summed E-state index contributed by atoms with van der Waals surface area (Å²) in [7, 11) is 5.07. The number of nitrogens with zero attached hydrogens (tertiary/aromatic N) is 3. The van der Waals surface area contributed by atoms with Crippen molar-refractivity contribution in [3.63, 3.8) is 0 Å². The van der Waals surface area contributed by atoms with Gasteiger partial charge in [-0.3, -0.25) is 4.99 Å². The normalized spacial score (nSPS) is 12.1. The maximum atomic E-state index is 5.52. The molecule has 7 heteroatoms. The van der Waals surface area contributed by atoms with Crippen LogP contribution in [-0.4, -0.2) is 32.2 Å². The minimum atomic E-state index is 0.762. The van der Waals surface area contributed by atoms with E-state index < -0.39 is 0 Å². The second kappa shape index (κ2) is 7.67. The molecular formula is C18H19N3O2S2. The van der Waals surface area contributed by atoms with Crippen molar-refractivity contribution in [3.8, 4) is 22.8 Å². The average Bonchev–Trinajstić information content (AvgIpc) is 3.24. The van der Waals surface area contributed by atoms with Crippen LogP contribution >= 0.6 is 22.7 Å². The fourth-order valence-electron chi connectivity index (χ4n) is 2.39. The number of ether oxygens (including phenoxy) is 2. The summed E-state index contributed by atoms with van der Waals surface area (Å²) in [5.74, 6) is 1.53. The lowest BCUT2D eigenvalue weighted by Crippen LogP contribution is -2.11. The lowest BCUT2D eigenvalue weighted by atomic mass is 10.1. The monoisotopic (exact) mass is 373 g/mol. The topological polar surface area (TPSA) is 48.1 Å². The second-order valence-corrected chi connectivity index (χ2v) is 7.00. The quantitative estimate of drug-likeness (QED) is 0.634. The second-order valence-electron chi connectivity index (χ2n) is 5.22. The highest BCUT2D eigenvalue weighted by Crippen LogP contribution is 2.33. The Kier molecular flexibility index (Phi) is 5.35. The fraction of sp³-hybridized carbons (Fsp3) is 0.222. The largest absolute Gasteiger partial charge is 0.497 e. The SMILES string of the molecule is CN=c1scc(-c2cc(OC)ccc2OC)n1N=Cc1sccc1C. The zero-order valence-electron chi connectivity index (χ0n) is 14.5. The van der Waals surface area contributed by atoms with Gasteiger partial charge in [-0.25, -0.2) is 4.68 Å². The van der Waals surface area contributed by atoms with Crippen LogP contribution in [0, 0.1) is 6.92 Å². The van der Waals surface area contributed by atoms with Crippen LogP contribution in [-0.2, 0) is 0 Å². The van der Waals surface area contributed by atoms with Crippen LogP contribution in [0.5, 0.6) is 11.5 Å². The molecule has 0 fully saturated rings. The number of thiophene rings is 1. The molecule has 0 aliphatic rings. The zero-order valence-corrected chi connectivity index (χ0v) is 16.1. The van der Waals surface area contributed by atoms with Gasteiger partial charge in [0.1, 0.15) is 11.5 Å². The van der Waals surface area contributed by atoms with E-state index in [1.165, 1.54) is 16.9 Å². The van der Waals surface area contributed by atoms with E-state index in [1.54, 1.807) is 32.6 Å². The zero-order chi connectivity index (χ0) is 17.8. The molecule has 3 rings (SSSR count). The molecule has 2 aromatic heterocycles. The molecule has 0 amide bonds. The van der Waals surface area contributed by atoms with Gasteiger partial charge in [0.25, 0.3) is 0 Å². The molecule has 5 nitrogen and oxygen atoms in total. The first-order chi connectivity index (χ1) is 12.2. The Morgan fingerprint density at radius 3 is 2.60 bits per heavy atom. The summed E-state index contributed by atoms with van der Waals surface area (Å²) < 4.78 is 12.7. The van der Waals surface area contributed by atoms with E-state index in [-0.39, 0.29) is 0 Å². The first-order valence-electron chi connectivity index (χ1n) is 7.62. The maximum Gasteiger partial charge on any atom is 0.205 e. The Morgan fingerprint density at radius 2 is 1.96 bits per heavy atom. The summed E-state index contributed by atoms with van der Waals surface area (Å²) >= 11 is 3.20. The molecule has 1 aromatic carbocycles. The van der Waals surface area contributed by atoms with E-state index in [0.717, 1.165) is 32.4 Å². The number of aryl methyl sites for hydroxylation is 1. The van der Waals surface area contributed by atoms with Gasteiger partial charge < -0.3 is 9.47 Å². The molecular weight excluding hydrogens is 354 g/mol. The van der Waals surface area contributed by atoms with E-state index in [4.69, 9.17) is 9.47 Å². The van der Waals surface area contributed by atoms with E-state index in [1.807, 2.05) is 34.5 Å². The molecule has 0 unspecified atom stereocenters. The highest BCUT2D eigenvalue weighted by atomic mass is 32.1. The van der Waals surface area contributed by atoms with Crippen molar-refractivity contribution < 1.29 is 9.47 Å². The first kappa shape index (κ1) is 17.4. The molecule has 0 radical (unpaired) electrons. The van der Waals surface area contributed by atoms with E-state index >= 15 is 0 Å². The third-order valence-electron chi connectivity index (χ3n) is 3.75. The molecule has 130 valence electrons. The summed E-state index contributed by atoms with van der Waals surface area (Å²) in [5, 5.41) is 8.76. The molecule has 25 heavy (non-hydrogen) atoms. The number of rotatable bonds is 5. The van der Waals surface area contributed by atoms with E-state index in [9.17, 15) is 0 Å². The Balaban J connectivity index is 2.14. The molecule has 0 spiro atoms. The van der Waals surface area contributed by atoms with E-state index in [0.29, 0.717) is 0 Å². The molecule has 0 N–H and O–H groups in total. The third kappa shape index (κ3) is 3.52. The van der Waals surface area contributed by atoms with Crippen molar-refractivity contribution in [1.82, 2.24) is 4.68 Å². The number of thiazole rings is 1. The summed E-state index contributed by atoms with van der Waals surface area (Å²) in [6, 6.07) is 7.80. The van der Waals surface area contributed by atoms with Crippen LogP contribution in [0.4, 0.5) is 0 Å². The van der Waals surface area contributed by atoms with Crippen molar-refractivity contribution in [2.75, 3.05) is 21.3 Å². The van der Waals surface area contributed by atoms with Crippen LogP contribution in [0.2, 0.25) is 0 Å². The third-order valence-corrected chi connectivity index (χ3v) is 5.61. The number of methoxy groups -OCH3 is 2. The standard InChI is InChI=1S/C18H19N3O2S2/c1-12-7-8-24-17(12)10-20-21-15(11-25-18(21)19-2)14-9-13(22-3)5-6-16(14)23-4/h5-11H,1-4H3. The first-order valence-corrected chi connectivity index (χ1v) is 9.38. The molecule has 2 heterocycles. The van der Waals surface area contributed by atoms with Crippen molar-refractivity contribution >= 4 is 28.9 Å². The van der Waals surface area contributed by atoms with Gasteiger partial charge in [0.05, 0.1) is 31.0 Å². The van der Waals surface area contributed by atoms with Gasteiger partial charge in [0, 0.05) is 18.0 Å². The lowest BCUT2D eigenvalue weighted by molar-refractivity contribution is 0.404. The van der Waals surface area contributed by atoms with Crippen molar-refractivity contribution in [2.24, 2.45) is 10.1 Å².